The van der Waals surface area contributed by atoms with Crippen LogP contribution < -0.4 is 14.2 Å². The van der Waals surface area contributed by atoms with E-state index in [4.69, 9.17) is 35.8 Å². The highest BCUT2D eigenvalue weighted by Gasteiger charge is 2.23. The van der Waals surface area contributed by atoms with Gasteiger partial charge < -0.3 is 18.9 Å². The number of rotatable bonds is 7. The third-order valence-corrected chi connectivity index (χ3v) is 4.38. The van der Waals surface area contributed by atoms with Crippen molar-refractivity contribution >= 4 is 17.6 Å². The number of nitriles is 1. The molecule has 0 saturated heterocycles. The van der Waals surface area contributed by atoms with Gasteiger partial charge in [-0.05, 0) is 36.2 Å². The minimum Gasteiger partial charge on any atom is -0.481 e. The zero-order chi connectivity index (χ0) is 22.4. The molecule has 8 nitrogen and oxygen atoms in total. The Labute approximate surface area is 183 Å². The average molecular weight is 440 g/mol. The van der Waals surface area contributed by atoms with Crippen LogP contribution in [0, 0.1) is 11.3 Å². The molecule has 0 aliphatic carbocycles. The maximum absolute atomic E-state index is 13.0. The Kier molecular flexibility index (Phi) is 6.90. The fourth-order valence-electron chi connectivity index (χ4n) is 2.68. The molecule has 9 heteroatoms. The molecule has 0 radical (unpaired) electrons. The Morgan fingerprint density at radius 1 is 1.06 bits per heavy atom. The summed E-state index contributed by atoms with van der Waals surface area (Å²) in [5.41, 5.74) is 1.34. The summed E-state index contributed by atoms with van der Waals surface area (Å²) in [5, 5.41) is 9.60. The van der Waals surface area contributed by atoms with E-state index in [2.05, 4.69) is 9.97 Å². The molecule has 0 amide bonds. The third-order valence-electron chi connectivity index (χ3n) is 4.13. The number of benzene rings is 2. The van der Waals surface area contributed by atoms with Crippen molar-refractivity contribution in [2.24, 2.45) is 0 Å². The quantitative estimate of drug-likeness (QED) is 0.489. The van der Waals surface area contributed by atoms with Crippen LogP contribution in [0.4, 0.5) is 0 Å². The maximum atomic E-state index is 13.0. The van der Waals surface area contributed by atoms with Crippen LogP contribution in [0.15, 0.2) is 48.5 Å². The molecule has 3 rings (SSSR count). The lowest BCUT2D eigenvalue weighted by Crippen LogP contribution is -2.15. The van der Waals surface area contributed by atoms with Gasteiger partial charge in [0.15, 0.2) is 6.10 Å². The Balaban J connectivity index is 2.11. The predicted octanol–water partition coefficient (Wildman–Crippen LogP) is 4.68. The lowest BCUT2D eigenvalue weighted by Gasteiger charge is -2.15. The van der Waals surface area contributed by atoms with Gasteiger partial charge in [-0.2, -0.15) is 15.2 Å². The van der Waals surface area contributed by atoms with Crippen LogP contribution in [0.25, 0.3) is 11.1 Å². The predicted molar refractivity (Wildman–Crippen MR) is 113 cm³/mol. The highest BCUT2D eigenvalue weighted by Crippen LogP contribution is 2.35. The van der Waals surface area contributed by atoms with E-state index in [0.717, 1.165) is 0 Å². The summed E-state index contributed by atoms with van der Waals surface area (Å²) in [5.74, 6) is -0.154. The zero-order valence-corrected chi connectivity index (χ0v) is 17.7. The minimum absolute atomic E-state index is 0.0909. The van der Waals surface area contributed by atoms with E-state index >= 15 is 0 Å². The van der Waals surface area contributed by atoms with Crippen molar-refractivity contribution in [3.63, 3.8) is 0 Å². The number of methoxy groups -OCH3 is 2. The Bertz CT molecular complexity index is 1110. The first-order valence-electron chi connectivity index (χ1n) is 9.09. The first-order valence-corrected chi connectivity index (χ1v) is 9.47. The number of carbonyl (C=O) groups is 1. The molecule has 1 heterocycles. The molecular weight excluding hydrogens is 422 g/mol. The molecule has 0 saturated carbocycles. The molecule has 1 atom stereocenters. The van der Waals surface area contributed by atoms with Gasteiger partial charge in [0.25, 0.3) is 0 Å². The molecule has 1 aromatic heterocycles. The van der Waals surface area contributed by atoms with Crippen molar-refractivity contribution in [3.8, 4) is 40.7 Å². The summed E-state index contributed by atoms with van der Waals surface area (Å²) in [4.78, 5) is 21.2. The second kappa shape index (κ2) is 9.78. The standard InChI is InChI=1S/C22H18ClN3O5/c1-13(12-24)30-21(27)20-16(14-7-9-15(23)10-8-14)5-4-6-17(20)31-22-25-18(28-2)11-19(26-22)29-3/h4-11,13H,1-3H3. The topological polar surface area (TPSA) is 104 Å². The van der Waals surface area contributed by atoms with E-state index in [1.807, 2.05) is 6.07 Å². The molecule has 0 N–H and O–H groups in total. The second-order valence-electron chi connectivity index (χ2n) is 6.20. The number of ether oxygens (including phenoxy) is 4. The van der Waals surface area contributed by atoms with Gasteiger partial charge >= 0.3 is 12.0 Å². The van der Waals surface area contributed by atoms with Crippen LogP contribution in [0.5, 0.6) is 23.5 Å². The van der Waals surface area contributed by atoms with Crippen molar-refractivity contribution in [2.45, 2.75) is 13.0 Å². The van der Waals surface area contributed by atoms with Crippen molar-refractivity contribution in [1.82, 2.24) is 9.97 Å². The molecule has 3 aromatic rings. The van der Waals surface area contributed by atoms with Gasteiger partial charge in [0.05, 0.1) is 20.3 Å². The van der Waals surface area contributed by atoms with E-state index in [9.17, 15) is 4.79 Å². The van der Waals surface area contributed by atoms with Crippen molar-refractivity contribution in [2.75, 3.05) is 14.2 Å². The van der Waals surface area contributed by atoms with E-state index < -0.39 is 12.1 Å². The van der Waals surface area contributed by atoms with Gasteiger partial charge in [0.1, 0.15) is 17.4 Å². The van der Waals surface area contributed by atoms with Gasteiger partial charge in [-0.1, -0.05) is 35.9 Å². The van der Waals surface area contributed by atoms with Crippen LogP contribution in [-0.4, -0.2) is 36.3 Å². The summed E-state index contributed by atoms with van der Waals surface area (Å²) in [6.45, 7) is 1.47. The fourth-order valence-corrected chi connectivity index (χ4v) is 2.81. The van der Waals surface area contributed by atoms with Crippen LogP contribution >= 0.6 is 11.6 Å². The number of esters is 1. The zero-order valence-electron chi connectivity index (χ0n) is 17.0. The average Bonchev–Trinajstić information content (AvgIpc) is 2.78. The largest absolute Gasteiger partial charge is 0.481 e. The number of halogens is 1. The molecule has 0 fully saturated rings. The van der Waals surface area contributed by atoms with E-state index in [1.165, 1.54) is 27.2 Å². The van der Waals surface area contributed by atoms with E-state index in [-0.39, 0.29) is 29.1 Å². The summed E-state index contributed by atoms with van der Waals surface area (Å²) in [6.07, 6.45) is -0.952. The maximum Gasteiger partial charge on any atom is 0.343 e. The molecular formula is C22H18ClN3O5. The van der Waals surface area contributed by atoms with Gasteiger partial charge in [0, 0.05) is 5.02 Å². The lowest BCUT2D eigenvalue weighted by atomic mass is 9.99. The smallest absolute Gasteiger partial charge is 0.343 e. The van der Waals surface area contributed by atoms with Gasteiger partial charge in [-0.25, -0.2) is 4.79 Å². The summed E-state index contributed by atoms with van der Waals surface area (Å²) in [6, 6.07) is 15.2. The molecule has 0 bridgehead atoms. The molecule has 158 valence electrons. The van der Waals surface area contributed by atoms with Crippen LogP contribution in [-0.2, 0) is 4.74 Å². The first kappa shape index (κ1) is 21.9. The minimum atomic E-state index is -0.952. The van der Waals surface area contributed by atoms with E-state index in [0.29, 0.717) is 16.1 Å². The molecule has 31 heavy (non-hydrogen) atoms. The van der Waals surface area contributed by atoms with Crippen LogP contribution in [0.2, 0.25) is 5.02 Å². The molecule has 0 spiro atoms. The van der Waals surface area contributed by atoms with Gasteiger partial charge in [-0.15, -0.1) is 0 Å². The monoisotopic (exact) mass is 439 g/mol. The number of hydrogen-bond donors (Lipinski definition) is 0. The van der Waals surface area contributed by atoms with Gasteiger partial charge in [-0.3, -0.25) is 0 Å². The SMILES string of the molecule is COc1cc(OC)nc(Oc2cccc(-c3ccc(Cl)cc3)c2C(=O)OC(C)C#N)n1. The second-order valence-corrected chi connectivity index (χ2v) is 6.64. The van der Waals surface area contributed by atoms with Gasteiger partial charge in [0.2, 0.25) is 11.8 Å². The van der Waals surface area contributed by atoms with Crippen molar-refractivity contribution < 1.29 is 23.7 Å². The number of aromatic nitrogens is 2. The number of carbonyl (C=O) groups excluding carboxylic acids is 1. The Morgan fingerprint density at radius 3 is 2.29 bits per heavy atom. The Hall–Kier alpha value is -3.83. The van der Waals surface area contributed by atoms with Crippen molar-refractivity contribution in [1.29, 1.82) is 5.26 Å². The summed E-state index contributed by atoms with van der Waals surface area (Å²) >= 11 is 5.99. The lowest BCUT2D eigenvalue weighted by molar-refractivity contribution is 0.0433. The van der Waals surface area contributed by atoms with Crippen LogP contribution in [0.1, 0.15) is 17.3 Å². The summed E-state index contributed by atoms with van der Waals surface area (Å²) < 4.78 is 21.3. The molecule has 1 unspecified atom stereocenters. The number of nitrogens with zero attached hydrogens (tertiary/aromatic N) is 3. The highest BCUT2D eigenvalue weighted by atomic mass is 35.5. The fraction of sp³-hybridized carbons (Fsp3) is 0.182. The molecule has 0 aliphatic rings. The summed E-state index contributed by atoms with van der Waals surface area (Å²) in [7, 11) is 2.89. The van der Waals surface area contributed by atoms with Crippen molar-refractivity contribution in [3.05, 3.63) is 59.1 Å². The van der Waals surface area contributed by atoms with E-state index in [1.54, 1.807) is 42.5 Å². The normalized spacial score (nSPS) is 11.2. The third kappa shape index (κ3) is 5.21. The first-order chi connectivity index (χ1) is 14.9. The highest BCUT2D eigenvalue weighted by molar-refractivity contribution is 6.30. The van der Waals surface area contributed by atoms with Crippen LogP contribution in [0.3, 0.4) is 0 Å². The molecule has 0 aliphatic heterocycles. The molecule has 2 aromatic carbocycles. The Morgan fingerprint density at radius 2 is 1.71 bits per heavy atom. The number of hydrogen-bond acceptors (Lipinski definition) is 8.